The SMILES string of the molecule is Cc1ccc(Oc2cnc(C(=N)N)cn2)cc1C. The van der Waals surface area contributed by atoms with E-state index >= 15 is 0 Å². The van der Waals surface area contributed by atoms with Crippen LogP contribution in [0.2, 0.25) is 0 Å². The van der Waals surface area contributed by atoms with Crippen LogP contribution in [0.15, 0.2) is 30.6 Å². The molecule has 18 heavy (non-hydrogen) atoms. The second-order valence-corrected chi connectivity index (χ2v) is 4.00. The summed E-state index contributed by atoms with van der Waals surface area (Å²) in [5.41, 5.74) is 7.99. The molecule has 1 aromatic carbocycles. The standard InChI is InChI=1S/C13H14N4O/c1-8-3-4-10(5-9(8)2)18-12-7-16-11(6-17-12)13(14)15/h3-7H,1-2H3,(H3,14,15). The Kier molecular flexibility index (Phi) is 3.23. The van der Waals surface area contributed by atoms with Crippen LogP contribution in [0.5, 0.6) is 11.6 Å². The van der Waals surface area contributed by atoms with Crippen LogP contribution in [0.1, 0.15) is 16.8 Å². The van der Waals surface area contributed by atoms with Gasteiger partial charge in [-0.2, -0.15) is 0 Å². The topological polar surface area (TPSA) is 84.9 Å². The molecule has 0 atom stereocenters. The summed E-state index contributed by atoms with van der Waals surface area (Å²) in [5.74, 6) is 0.978. The lowest BCUT2D eigenvalue weighted by atomic mass is 10.1. The van der Waals surface area contributed by atoms with Crippen molar-refractivity contribution in [1.82, 2.24) is 9.97 Å². The van der Waals surface area contributed by atoms with Crippen LogP contribution < -0.4 is 10.5 Å². The lowest BCUT2D eigenvalue weighted by Crippen LogP contribution is -2.13. The number of aromatic nitrogens is 2. The summed E-state index contributed by atoms with van der Waals surface area (Å²) in [4.78, 5) is 8.02. The van der Waals surface area contributed by atoms with Gasteiger partial charge in [0, 0.05) is 0 Å². The molecule has 0 radical (unpaired) electrons. The van der Waals surface area contributed by atoms with Crippen LogP contribution >= 0.6 is 0 Å². The molecule has 2 aromatic rings. The molecule has 0 saturated carbocycles. The zero-order chi connectivity index (χ0) is 13.1. The molecule has 3 N–H and O–H groups in total. The number of amidine groups is 1. The third kappa shape index (κ3) is 2.63. The number of aryl methyl sites for hydroxylation is 2. The van der Waals surface area contributed by atoms with Crippen molar-refractivity contribution in [2.24, 2.45) is 5.73 Å². The minimum Gasteiger partial charge on any atom is -0.437 e. The molecule has 0 aliphatic rings. The van der Waals surface area contributed by atoms with Gasteiger partial charge in [-0.05, 0) is 37.1 Å². The minimum atomic E-state index is -0.111. The summed E-state index contributed by atoms with van der Waals surface area (Å²) in [6.45, 7) is 4.06. The summed E-state index contributed by atoms with van der Waals surface area (Å²) in [6, 6.07) is 5.81. The predicted octanol–water partition coefficient (Wildman–Crippen LogP) is 2.17. The average Bonchev–Trinajstić information content (AvgIpc) is 2.34. The van der Waals surface area contributed by atoms with Gasteiger partial charge in [0.25, 0.3) is 0 Å². The largest absolute Gasteiger partial charge is 0.437 e. The van der Waals surface area contributed by atoms with E-state index in [0.717, 1.165) is 5.56 Å². The fourth-order valence-electron chi connectivity index (χ4n) is 1.41. The lowest BCUT2D eigenvalue weighted by molar-refractivity contribution is 0.459. The zero-order valence-electron chi connectivity index (χ0n) is 10.3. The first-order valence-electron chi connectivity index (χ1n) is 5.48. The monoisotopic (exact) mass is 242 g/mol. The van der Waals surface area contributed by atoms with E-state index in [2.05, 4.69) is 9.97 Å². The summed E-state index contributed by atoms with van der Waals surface area (Å²) >= 11 is 0. The summed E-state index contributed by atoms with van der Waals surface area (Å²) < 4.78 is 5.56. The van der Waals surface area contributed by atoms with E-state index in [1.807, 2.05) is 32.0 Å². The first-order chi connectivity index (χ1) is 8.56. The second kappa shape index (κ2) is 4.83. The van der Waals surface area contributed by atoms with E-state index in [4.69, 9.17) is 15.9 Å². The highest BCUT2D eigenvalue weighted by Gasteiger charge is 2.03. The highest BCUT2D eigenvalue weighted by Crippen LogP contribution is 2.21. The van der Waals surface area contributed by atoms with Gasteiger partial charge in [-0.15, -0.1) is 0 Å². The van der Waals surface area contributed by atoms with Crippen molar-refractivity contribution in [3.63, 3.8) is 0 Å². The maximum Gasteiger partial charge on any atom is 0.237 e. The van der Waals surface area contributed by atoms with Gasteiger partial charge in [-0.25, -0.2) is 9.97 Å². The Hall–Kier alpha value is -2.43. The molecule has 0 fully saturated rings. The van der Waals surface area contributed by atoms with Crippen molar-refractivity contribution in [3.05, 3.63) is 47.4 Å². The van der Waals surface area contributed by atoms with Crippen molar-refractivity contribution in [2.75, 3.05) is 0 Å². The summed E-state index contributed by atoms with van der Waals surface area (Å²) in [6.07, 6.45) is 2.87. The van der Waals surface area contributed by atoms with Crippen molar-refractivity contribution in [2.45, 2.75) is 13.8 Å². The third-order valence-electron chi connectivity index (χ3n) is 2.60. The van der Waals surface area contributed by atoms with Crippen LogP contribution in [0.4, 0.5) is 0 Å². The van der Waals surface area contributed by atoms with Gasteiger partial charge in [0.1, 0.15) is 17.3 Å². The van der Waals surface area contributed by atoms with Gasteiger partial charge >= 0.3 is 0 Å². The summed E-state index contributed by atoms with van der Waals surface area (Å²) in [5, 5.41) is 7.21. The Morgan fingerprint density at radius 3 is 2.50 bits per heavy atom. The van der Waals surface area contributed by atoms with Crippen LogP contribution in [0.25, 0.3) is 0 Å². The summed E-state index contributed by atoms with van der Waals surface area (Å²) in [7, 11) is 0. The molecule has 2 rings (SSSR count). The quantitative estimate of drug-likeness (QED) is 0.638. The molecule has 5 nitrogen and oxygen atoms in total. The molecule has 0 spiro atoms. The smallest absolute Gasteiger partial charge is 0.237 e. The maximum absolute atomic E-state index is 7.21. The van der Waals surface area contributed by atoms with Crippen LogP contribution in [-0.2, 0) is 0 Å². The van der Waals surface area contributed by atoms with E-state index in [1.54, 1.807) is 0 Å². The molecule has 0 bridgehead atoms. The maximum atomic E-state index is 7.21. The van der Waals surface area contributed by atoms with Gasteiger partial charge in [-0.3, -0.25) is 5.41 Å². The van der Waals surface area contributed by atoms with Crippen LogP contribution in [0.3, 0.4) is 0 Å². The number of benzene rings is 1. The molecule has 0 saturated heterocycles. The number of ether oxygens (including phenoxy) is 1. The number of rotatable bonds is 3. The number of hydrogen-bond donors (Lipinski definition) is 2. The normalized spacial score (nSPS) is 10.1. The van der Waals surface area contributed by atoms with Gasteiger partial charge in [0.2, 0.25) is 5.88 Å². The van der Waals surface area contributed by atoms with Crippen molar-refractivity contribution < 1.29 is 4.74 Å². The Labute approximate surface area is 105 Å². The molecule has 0 amide bonds. The van der Waals surface area contributed by atoms with Gasteiger partial charge in [-0.1, -0.05) is 6.07 Å². The zero-order valence-corrected chi connectivity index (χ0v) is 10.3. The molecule has 0 aliphatic carbocycles. The van der Waals surface area contributed by atoms with Crippen molar-refractivity contribution >= 4 is 5.84 Å². The highest BCUT2D eigenvalue weighted by atomic mass is 16.5. The highest BCUT2D eigenvalue weighted by molar-refractivity contribution is 5.92. The predicted molar refractivity (Wildman–Crippen MR) is 69.0 cm³/mol. The number of nitrogens with zero attached hydrogens (tertiary/aromatic N) is 2. The van der Waals surface area contributed by atoms with Gasteiger partial charge < -0.3 is 10.5 Å². The van der Waals surface area contributed by atoms with E-state index < -0.39 is 0 Å². The first kappa shape index (κ1) is 12.0. The molecular weight excluding hydrogens is 228 g/mol. The minimum absolute atomic E-state index is 0.111. The molecule has 92 valence electrons. The van der Waals surface area contributed by atoms with Crippen molar-refractivity contribution in [3.8, 4) is 11.6 Å². The number of hydrogen-bond acceptors (Lipinski definition) is 4. The Bertz CT molecular complexity index is 578. The fourth-order valence-corrected chi connectivity index (χ4v) is 1.41. The first-order valence-corrected chi connectivity index (χ1v) is 5.48. The molecule has 1 heterocycles. The Morgan fingerprint density at radius 2 is 1.94 bits per heavy atom. The third-order valence-corrected chi connectivity index (χ3v) is 2.60. The van der Waals surface area contributed by atoms with E-state index in [-0.39, 0.29) is 5.84 Å². The Balaban J connectivity index is 2.18. The van der Waals surface area contributed by atoms with E-state index in [0.29, 0.717) is 17.3 Å². The number of nitrogen functional groups attached to an aromatic ring is 1. The molecule has 5 heteroatoms. The molecular formula is C13H14N4O. The number of nitrogens with one attached hydrogen (secondary N) is 1. The van der Waals surface area contributed by atoms with E-state index in [9.17, 15) is 0 Å². The van der Waals surface area contributed by atoms with E-state index in [1.165, 1.54) is 18.0 Å². The molecule has 0 unspecified atom stereocenters. The van der Waals surface area contributed by atoms with Crippen molar-refractivity contribution in [1.29, 1.82) is 5.41 Å². The van der Waals surface area contributed by atoms with Gasteiger partial charge in [0.05, 0.1) is 12.4 Å². The Morgan fingerprint density at radius 1 is 1.17 bits per heavy atom. The molecule has 0 aliphatic heterocycles. The number of nitrogens with two attached hydrogens (primary N) is 1. The average molecular weight is 242 g/mol. The lowest BCUT2D eigenvalue weighted by Gasteiger charge is -2.07. The van der Waals surface area contributed by atoms with Crippen LogP contribution in [0, 0.1) is 19.3 Å². The molecule has 1 aromatic heterocycles. The second-order valence-electron chi connectivity index (χ2n) is 4.00. The van der Waals surface area contributed by atoms with Gasteiger partial charge in [0.15, 0.2) is 0 Å². The fraction of sp³-hybridized carbons (Fsp3) is 0.154. The van der Waals surface area contributed by atoms with Crippen LogP contribution in [-0.4, -0.2) is 15.8 Å².